The molecule has 0 aliphatic carbocycles. The Hall–Kier alpha value is -2.07. The Morgan fingerprint density at radius 1 is 1.10 bits per heavy atom. The highest BCUT2D eigenvalue weighted by Gasteiger charge is 2.06. The lowest BCUT2D eigenvalue weighted by Crippen LogP contribution is -1.94. The van der Waals surface area contributed by atoms with Gasteiger partial charge in [0.25, 0.3) is 0 Å². The molecule has 0 saturated heterocycles. The predicted molar refractivity (Wildman–Crippen MR) is 82.0 cm³/mol. The van der Waals surface area contributed by atoms with Crippen LogP contribution in [0.15, 0.2) is 42.5 Å². The first-order valence-electron chi connectivity index (χ1n) is 6.15. The Balaban J connectivity index is 2.23. The molecule has 2 aromatic rings. The molecule has 0 aliphatic heterocycles. The largest absolute Gasteiger partial charge is 0.497 e. The van der Waals surface area contributed by atoms with E-state index in [-0.39, 0.29) is 5.97 Å². The zero-order valence-electron chi connectivity index (χ0n) is 11.7. The van der Waals surface area contributed by atoms with Crippen LogP contribution in [-0.2, 0) is 9.53 Å². The Bertz CT molecular complexity index is 623. The number of thiophene rings is 1. The highest BCUT2D eigenvalue weighted by atomic mass is 32.1. The molecule has 0 amide bonds. The van der Waals surface area contributed by atoms with E-state index in [1.165, 1.54) is 13.2 Å². The van der Waals surface area contributed by atoms with Gasteiger partial charge in [0.05, 0.1) is 14.2 Å². The molecular formula is C16H16O3S. The van der Waals surface area contributed by atoms with Gasteiger partial charge in [-0.05, 0) is 54.5 Å². The highest BCUT2D eigenvalue weighted by Crippen LogP contribution is 2.32. The summed E-state index contributed by atoms with van der Waals surface area (Å²) in [5.74, 6) is 0.509. The molecule has 0 bridgehead atoms. The minimum Gasteiger partial charge on any atom is -0.497 e. The van der Waals surface area contributed by atoms with Gasteiger partial charge in [-0.1, -0.05) is 0 Å². The van der Waals surface area contributed by atoms with Crippen LogP contribution in [-0.4, -0.2) is 20.2 Å². The molecule has 0 saturated carbocycles. The van der Waals surface area contributed by atoms with Crippen molar-refractivity contribution >= 4 is 22.9 Å². The summed E-state index contributed by atoms with van der Waals surface area (Å²) in [7, 11) is 3.03. The number of carbonyl (C=O) groups excluding carboxylic acids is 1. The van der Waals surface area contributed by atoms with Gasteiger partial charge in [0.15, 0.2) is 0 Å². The molecule has 20 heavy (non-hydrogen) atoms. The third kappa shape index (κ3) is 3.27. The van der Waals surface area contributed by atoms with Crippen molar-refractivity contribution in [2.45, 2.75) is 6.92 Å². The maximum absolute atomic E-state index is 11.2. The van der Waals surface area contributed by atoms with E-state index in [1.54, 1.807) is 18.4 Å². The summed E-state index contributed by atoms with van der Waals surface area (Å²) in [5.41, 5.74) is 2.04. The zero-order chi connectivity index (χ0) is 14.5. The van der Waals surface area contributed by atoms with Crippen LogP contribution in [0.5, 0.6) is 5.75 Å². The molecule has 1 aromatic heterocycles. The van der Waals surface area contributed by atoms with Crippen LogP contribution >= 0.6 is 11.3 Å². The van der Waals surface area contributed by atoms with E-state index < -0.39 is 0 Å². The van der Waals surface area contributed by atoms with Gasteiger partial charge in [-0.25, -0.2) is 4.79 Å². The molecule has 3 nitrogen and oxygen atoms in total. The van der Waals surface area contributed by atoms with Crippen LogP contribution in [0.2, 0.25) is 0 Å². The van der Waals surface area contributed by atoms with Gasteiger partial charge in [0, 0.05) is 15.8 Å². The molecule has 0 aliphatic rings. The van der Waals surface area contributed by atoms with Gasteiger partial charge in [-0.15, -0.1) is 11.3 Å². The lowest BCUT2D eigenvalue weighted by molar-refractivity contribution is -0.134. The number of methoxy groups -OCH3 is 2. The lowest BCUT2D eigenvalue weighted by Gasteiger charge is -2.01. The third-order valence-corrected chi connectivity index (χ3v) is 4.17. The monoisotopic (exact) mass is 288 g/mol. The first-order valence-corrected chi connectivity index (χ1v) is 6.96. The number of hydrogen-bond donors (Lipinski definition) is 0. The highest BCUT2D eigenvalue weighted by molar-refractivity contribution is 7.16. The van der Waals surface area contributed by atoms with Gasteiger partial charge in [0.2, 0.25) is 0 Å². The lowest BCUT2D eigenvalue weighted by atomic mass is 10.2. The molecule has 2 rings (SSSR count). The number of rotatable bonds is 4. The second-order valence-corrected chi connectivity index (χ2v) is 5.33. The fourth-order valence-electron chi connectivity index (χ4n) is 1.77. The first-order chi connectivity index (χ1) is 9.63. The molecule has 0 atom stereocenters. The number of esters is 1. The molecule has 4 heteroatoms. The second-order valence-electron chi connectivity index (χ2n) is 4.24. The summed E-state index contributed by atoms with van der Waals surface area (Å²) in [4.78, 5) is 13.4. The van der Waals surface area contributed by atoms with Gasteiger partial charge >= 0.3 is 5.97 Å². The molecule has 0 fully saturated rings. The number of ether oxygens (including phenoxy) is 2. The minimum absolute atomic E-state index is 0.332. The second kappa shape index (κ2) is 6.39. The van der Waals surface area contributed by atoms with Crippen LogP contribution in [0.4, 0.5) is 0 Å². The molecule has 1 aromatic carbocycles. The maximum Gasteiger partial charge on any atom is 0.330 e. The van der Waals surface area contributed by atoms with Crippen LogP contribution < -0.4 is 4.74 Å². The fourth-order valence-corrected chi connectivity index (χ4v) is 2.75. The summed E-state index contributed by atoms with van der Waals surface area (Å²) >= 11 is 1.64. The van der Waals surface area contributed by atoms with Crippen molar-refractivity contribution in [2.24, 2.45) is 0 Å². The van der Waals surface area contributed by atoms with E-state index in [0.29, 0.717) is 0 Å². The number of benzene rings is 1. The van der Waals surface area contributed by atoms with Crippen LogP contribution in [0.1, 0.15) is 11.8 Å². The molecule has 0 unspecified atom stereocenters. The van der Waals surface area contributed by atoms with Crippen molar-refractivity contribution in [3.63, 3.8) is 0 Å². The van der Waals surface area contributed by atoms with Crippen molar-refractivity contribution in [3.8, 4) is 16.2 Å². The molecule has 0 N–H and O–H groups in total. The molecule has 0 radical (unpaired) electrons. The van der Waals surface area contributed by atoms with E-state index >= 15 is 0 Å². The standard InChI is InChI=1S/C16H16O3S/c1-11(10-16(17)19-3)14-8-9-15(20-14)12-4-6-13(18-2)7-5-12/h4-10H,1-3H3/b11-10+. The van der Waals surface area contributed by atoms with Crippen molar-refractivity contribution in [3.05, 3.63) is 47.4 Å². The quantitative estimate of drug-likeness (QED) is 0.630. The summed E-state index contributed by atoms with van der Waals surface area (Å²) in [6.07, 6.45) is 1.50. The number of carbonyl (C=O) groups is 1. The predicted octanol–water partition coefficient (Wildman–Crippen LogP) is 4.00. The topological polar surface area (TPSA) is 35.5 Å². The van der Waals surface area contributed by atoms with Crippen molar-refractivity contribution < 1.29 is 14.3 Å². The Morgan fingerprint density at radius 3 is 2.40 bits per heavy atom. The van der Waals surface area contributed by atoms with Crippen LogP contribution in [0.3, 0.4) is 0 Å². The molecular weight excluding hydrogens is 272 g/mol. The summed E-state index contributed by atoms with van der Waals surface area (Å²) < 4.78 is 9.78. The summed E-state index contributed by atoms with van der Waals surface area (Å²) in [6.45, 7) is 1.90. The van der Waals surface area contributed by atoms with Gasteiger partial charge < -0.3 is 9.47 Å². The van der Waals surface area contributed by atoms with Crippen molar-refractivity contribution in [2.75, 3.05) is 14.2 Å². The Morgan fingerprint density at radius 2 is 1.80 bits per heavy atom. The first kappa shape index (κ1) is 14.3. The number of allylic oxidation sites excluding steroid dienone is 1. The van der Waals surface area contributed by atoms with Crippen molar-refractivity contribution in [1.29, 1.82) is 0 Å². The summed E-state index contributed by atoms with van der Waals surface area (Å²) in [5, 5.41) is 0. The van der Waals surface area contributed by atoms with Gasteiger partial charge in [-0.2, -0.15) is 0 Å². The Labute approximate surface area is 122 Å². The zero-order valence-corrected chi connectivity index (χ0v) is 12.5. The third-order valence-electron chi connectivity index (χ3n) is 2.90. The van der Waals surface area contributed by atoms with Crippen LogP contribution in [0.25, 0.3) is 16.0 Å². The summed E-state index contributed by atoms with van der Waals surface area (Å²) in [6, 6.07) is 12.0. The fraction of sp³-hybridized carbons (Fsp3) is 0.188. The normalized spacial score (nSPS) is 11.2. The molecule has 1 heterocycles. The van der Waals surface area contributed by atoms with Crippen LogP contribution in [0, 0.1) is 0 Å². The minimum atomic E-state index is -0.332. The van der Waals surface area contributed by atoms with E-state index in [4.69, 9.17) is 4.74 Å². The van der Waals surface area contributed by atoms with E-state index in [2.05, 4.69) is 10.8 Å². The molecule has 0 spiro atoms. The molecule has 104 valence electrons. The van der Waals surface area contributed by atoms with Gasteiger partial charge in [-0.3, -0.25) is 0 Å². The smallest absolute Gasteiger partial charge is 0.330 e. The Kier molecular flexibility index (Phi) is 4.58. The van der Waals surface area contributed by atoms with E-state index in [0.717, 1.165) is 26.6 Å². The SMILES string of the molecule is COC(=O)/C=C(\C)c1ccc(-c2ccc(OC)cc2)s1. The average Bonchev–Trinajstić information content (AvgIpc) is 2.97. The van der Waals surface area contributed by atoms with E-state index in [1.807, 2.05) is 37.3 Å². The maximum atomic E-state index is 11.2. The number of hydrogen-bond acceptors (Lipinski definition) is 4. The van der Waals surface area contributed by atoms with Crippen molar-refractivity contribution in [1.82, 2.24) is 0 Å². The average molecular weight is 288 g/mol. The van der Waals surface area contributed by atoms with Gasteiger partial charge in [0.1, 0.15) is 5.75 Å². The van der Waals surface area contributed by atoms with E-state index in [9.17, 15) is 4.79 Å².